The average molecular weight is 325 g/mol. The SMILES string of the molecule is CNC1CC(c2cscn2)Oc2ccc(Br)cc21. The molecule has 1 aliphatic heterocycles. The van der Waals surface area contributed by atoms with Crippen LogP contribution in [-0.2, 0) is 0 Å². The molecule has 3 rings (SSSR count). The van der Waals surface area contributed by atoms with Crippen LogP contribution in [0.5, 0.6) is 5.75 Å². The summed E-state index contributed by atoms with van der Waals surface area (Å²) < 4.78 is 7.13. The highest BCUT2D eigenvalue weighted by molar-refractivity contribution is 9.10. The Bertz CT molecular complexity index is 544. The van der Waals surface area contributed by atoms with Crippen LogP contribution in [0.25, 0.3) is 0 Å². The van der Waals surface area contributed by atoms with E-state index in [-0.39, 0.29) is 6.10 Å². The fourth-order valence-electron chi connectivity index (χ4n) is 2.28. The molecular weight excluding hydrogens is 312 g/mol. The van der Waals surface area contributed by atoms with Crippen LogP contribution >= 0.6 is 27.3 Å². The number of halogens is 1. The number of fused-ring (bicyclic) bond motifs is 1. The normalized spacial score (nSPS) is 22.3. The summed E-state index contributed by atoms with van der Waals surface area (Å²) in [6.45, 7) is 0. The minimum Gasteiger partial charge on any atom is -0.484 e. The van der Waals surface area contributed by atoms with E-state index in [2.05, 4.69) is 37.7 Å². The van der Waals surface area contributed by atoms with Gasteiger partial charge in [0, 0.05) is 27.9 Å². The number of nitrogens with zero attached hydrogens (tertiary/aromatic N) is 1. The maximum absolute atomic E-state index is 6.05. The Kier molecular flexibility index (Phi) is 3.37. The molecule has 0 spiro atoms. The van der Waals surface area contributed by atoms with E-state index in [1.165, 1.54) is 5.56 Å². The molecule has 0 fully saturated rings. The third kappa shape index (κ3) is 2.18. The van der Waals surface area contributed by atoms with Crippen LogP contribution in [0.1, 0.15) is 29.8 Å². The second-order valence-corrected chi connectivity index (χ2v) is 5.91. The third-order valence-electron chi connectivity index (χ3n) is 3.20. The van der Waals surface area contributed by atoms with E-state index in [0.29, 0.717) is 6.04 Å². The molecular formula is C13H13BrN2OS. The number of aromatic nitrogens is 1. The van der Waals surface area contributed by atoms with Gasteiger partial charge in [0.25, 0.3) is 0 Å². The summed E-state index contributed by atoms with van der Waals surface area (Å²) in [5.41, 5.74) is 4.08. The Morgan fingerprint density at radius 1 is 1.50 bits per heavy atom. The maximum Gasteiger partial charge on any atom is 0.143 e. The predicted octanol–water partition coefficient (Wildman–Crippen LogP) is 3.69. The molecule has 2 heterocycles. The van der Waals surface area contributed by atoms with Crippen molar-refractivity contribution in [1.82, 2.24) is 10.3 Å². The first-order valence-electron chi connectivity index (χ1n) is 5.79. The van der Waals surface area contributed by atoms with Crippen LogP contribution in [0.2, 0.25) is 0 Å². The number of thiazole rings is 1. The molecule has 0 saturated heterocycles. The third-order valence-corrected chi connectivity index (χ3v) is 4.29. The molecule has 0 bridgehead atoms. The summed E-state index contributed by atoms with van der Waals surface area (Å²) in [6.07, 6.45) is 0.950. The number of rotatable bonds is 2. The smallest absolute Gasteiger partial charge is 0.143 e. The Hall–Kier alpha value is -0.910. The van der Waals surface area contributed by atoms with E-state index in [1.54, 1.807) is 11.3 Å². The van der Waals surface area contributed by atoms with Crippen molar-refractivity contribution in [2.24, 2.45) is 0 Å². The van der Waals surface area contributed by atoms with Crippen LogP contribution in [-0.4, -0.2) is 12.0 Å². The molecule has 0 saturated carbocycles. The molecule has 2 aromatic rings. The second kappa shape index (κ2) is 4.99. The van der Waals surface area contributed by atoms with Gasteiger partial charge in [-0.3, -0.25) is 0 Å². The van der Waals surface area contributed by atoms with E-state index in [9.17, 15) is 0 Å². The van der Waals surface area contributed by atoms with Crippen LogP contribution < -0.4 is 10.1 Å². The molecule has 0 amide bonds. The van der Waals surface area contributed by atoms with Crippen molar-refractivity contribution in [3.05, 3.63) is 44.8 Å². The maximum atomic E-state index is 6.05. The monoisotopic (exact) mass is 324 g/mol. The molecule has 0 aliphatic carbocycles. The topological polar surface area (TPSA) is 34.2 Å². The van der Waals surface area contributed by atoms with E-state index < -0.39 is 0 Å². The van der Waals surface area contributed by atoms with Gasteiger partial charge in [-0.2, -0.15) is 0 Å². The summed E-state index contributed by atoms with van der Waals surface area (Å²) in [7, 11) is 1.98. The lowest BCUT2D eigenvalue weighted by atomic mass is 9.95. The van der Waals surface area contributed by atoms with Crippen molar-refractivity contribution in [2.75, 3.05) is 7.05 Å². The molecule has 1 aliphatic rings. The standard InChI is InChI=1S/C13H13BrN2OS/c1-15-10-5-13(11-6-18-7-16-11)17-12-3-2-8(14)4-9(10)12/h2-4,6-7,10,13,15H,5H2,1H3. The van der Waals surface area contributed by atoms with Crippen molar-refractivity contribution < 1.29 is 4.74 Å². The zero-order valence-electron chi connectivity index (χ0n) is 9.89. The Morgan fingerprint density at radius 2 is 2.39 bits per heavy atom. The first kappa shape index (κ1) is 12.1. The van der Waals surface area contributed by atoms with E-state index in [4.69, 9.17) is 4.74 Å². The van der Waals surface area contributed by atoms with E-state index in [0.717, 1.165) is 22.3 Å². The van der Waals surface area contributed by atoms with Crippen molar-refractivity contribution >= 4 is 27.3 Å². The largest absolute Gasteiger partial charge is 0.484 e. The highest BCUT2D eigenvalue weighted by Crippen LogP contribution is 2.41. The van der Waals surface area contributed by atoms with Gasteiger partial charge >= 0.3 is 0 Å². The second-order valence-electron chi connectivity index (χ2n) is 4.28. The minimum absolute atomic E-state index is 0.0439. The first-order valence-corrected chi connectivity index (χ1v) is 7.53. The molecule has 2 unspecified atom stereocenters. The van der Waals surface area contributed by atoms with Crippen LogP contribution in [0.3, 0.4) is 0 Å². The molecule has 5 heteroatoms. The molecule has 3 nitrogen and oxygen atoms in total. The van der Waals surface area contributed by atoms with Gasteiger partial charge in [-0.15, -0.1) is 11.3 Å². The van der Waals surface area contributed by atoms with Gasteiger partial charge in [-0.25, -0.2) is 4.98 Å². The van der Waals surface area contributed by atoms with Crippen LogP contribution in [0.15, 0.2) is 33.6 Å². The van der Waals surface area contributed by atoms with Gasteiger partial charge in [0.15, 0.2) is 0 Å². The van der Waals surface area contributed by atoms with Gasteiger partial charge in [-0.1, -0.05) is 15.9 Å². The molecule has 1 N–H and O–H groups in total. The minimum atomic E-state index is 0.0439. The number of hydrogen-bond acceptors (Lipinski definition) is 4. The zero-order chi connectivity index (χ0) is 12.5. The number of ether oxygens (including phenoxy) is 1. The van der Waals surface area contributed by atoms with E-state index in [1.807, 2.05) is 24.7 Å². The molecule has 2 atom stereocenters. The van der Waals surface area contributed by atoms with Gasteiger partial charge in [0.1, 0.15) is 11.9 Å². The van der Waals surface area contributed by atoms with Gasteiger partial charge in [0.2, 0.25) is 0 Å². The summed E-state index contributed by atoms with van der Waals surface area (Å²) in [5, 5.41) is 5.41. The first-order chi connectivity index (χ1) is 8.78. The van der Waals surface area contributed by atoms with Crippen LogP contribution in [0.4, 0.5) is 0 Å². The van der Waals surface area contributed by atoms with Gasteiger partial charge < -0.3 is 10.1 Å². The quantitative estimate of drug-likeness (QED) is 0.914. The van der Waals surface area contributed by atoms with Crippen molar-refractivity contribution in [2.45, 2.75) is 18.6 Å². The Balaban J connectivity index is 1.97. The van der Waals surface area contributed by atoms with Crippen molar-refractivity contribution in [1.29, 1.82) is 0 Å². The highest BCUT2D eigenvalue weighted by Gasteiger charge is 2.29. The van der Waals surface area contributed by atoms with Gasteiger partial charge in [0.05, 0.1) is 11.2 Å². The highest BCUT2D eigenvalue weighted by atomic mass is 79.9. The van der Waals surface area contributed by atoms with Crippen molar-refractivity contribution in [3.8, 4) is 5.75 Å². The molecule has 1 aromatic heterocycles. The van der Waals surface area contributed by atoms with Crippen molar-refractivity contribution in [3.63, 3.8) is 0 Å². The lowest BCUT2D eigenvalue weighted by Gasteiger charge is -2.31. The molecule has 1 aromatic carbocycles. The van der Waals surface area contributed by atoms with E-state index >= 15 is 0 Å². The fraction of sp³-hybridized carbons (Fsp3) is 0.308. The number of nitrogens with one attached hydrogen (secondary N) is 1. The Morgan fingerprint density at radius 3 is 3.11 bits per heavy atom. The fourth-order valence-corrected chi connectivity index (χ4v) is 3.25. The zero-order valence-corrected chi connectivity index (χ0v) is 12.3. The lowest BCUT2D eigenvalue weighted by molar-refractivity contribution is 0.150. The van der Waals surface area contributed by atoms with Gasteiger partial charge in [-0.05, 0) is 25.2 Å². The summed E-state index contributed by atoms with van der Waals surface area (Å²) >= 11 is 5.11. The summed E-state index contributed by atoms with van der Waals surface area (Å²) in [4.78, 5) is 4.36. The molecule has 0 radical (unpaired) electrons. The molecule has 18 heavy (non-hydrogen) atoms. The summed E-state index contributed by atoms with van der Waals surface area (Å²) in [5.74, 6) is 0.946. The lowest BCUT2D eigenvalue weighted by Crippen LogP contribution is -2.26. The average Bonchev–Trinajstić information content (AvgIpc) is 2.91. The van der Waals surface area contributed by atoms with Crippen LogP contribution in [0, 0.1) is 0 Å². The number of benzene rings is 1. The predicted molar refractivity (Wildman–Crippen MR) is 76.0 cm³/mol. The molecule has 94 valence electrons. The Labute approximate surface area is 118 Å². The summed E-state index contributed by atoms with van der Waals surface area (Å²) in [6, 6.07) is 6.45. The number of hydrogen-bond donors (Lipinski definition) is 1.